The molecule has 4 nitrogen and oxygen atoms in total. The largest absolute Gasteiger partial charge is 0.449 e. The van der Waals surface area contributed by atoms with Crippen molar-refractivity contribution in [1.82, 2.24) is 0 Å². The first-order valence-electron chi connectivity index (χ1n) is 7.67. The molecule has 0 fully saturated rings. The number of amides is 1. The molecule has 1 atom stereocenters. The molecule has 0 bridgehead atoms. The average Bonchev–Trinajstić information content (AvgIpc) is 2.55. The van der Waals surface area contributed by atoms with Crippen LogP contribution < -0.4 is 5.32 Å². The monoisotopic (exact) mass is 311 g/mol. The molecule has 0 saturated carbocycles. The lowest BCUT2D eigenvalue weighted by Crippen LogP contribution is -2.30. The van der Waals surface area contributed by atoms with Crippen molar-refractivity contribution in [3.8, 4) is 0 Å². The molecule has 0 heterocycles. The van der Waals surface area contributed by atoms with Crippen LogP contribution in [0.3, 0.4) is 0 Å². The number of esters is 1. The summed E-state index contributed by atoms with van der Waals surface area (Å²) >= 11 is 0. The maximum atomic E-state index is 12.1. The Balaban J connectivity index is 1.96. The van der Waals surface area contributed by atoms with E-state index in [-0.39, 0.29) is 5.91 Å². The van der Waals surface area contributed by atoms with E-state index in [0.717, 1.165) is 12.0 Å². The van der Waals surface area contributed by atoms with Gasteiger partial charge in [0.15, 0.2) is 6.10 Å². The molecule has 1 amide bonds. The fourth-order valence-electron chi connectivity index (χ4n) is 2.15. The number of hydrogen-bond donors (Lipinski definition) is 1. The van der Waals surface area contributed by atoms with Gasteiger partial charge in [-0.2, -0.15) is 0 Å². The topological polar surface area (TPSA) is 55.4 Å². The second kappa shape index (κ2) is 7.58. The zero-order valence-corrected chi connectivity index (χ0v) is 13.6. The predicted molar refractivity (Wildman–Crippen MR) is 90.5 cm³/mol. The van der Waals surface area contributed by atoms with E-state index in [1.807, 2.05) is 43.3 Å². The Bertz CT molecular complexity index is 692. The van der Waals surface area contributed by atoms with Gasteiger partial charge in [-0.25, -0.2) is 4.79 Å². The molecular weight excluding hydrogens is 290 g/mol. The Morgan fingerprint density at radius 1 is 1.09 bits per heavy atom. The van der Waals surface area contributed by atoms with E-state index in [9.17, 15) is 9.59 Å². The molecule has 0 aliphatic rings. The molecular formula is C19H21NO3. The lowest BCUT2D eigenvalue weighted by Gasteiger charge is -2.14. The van der Waals surface area contributed by atoms with E-state index in [1.54, 1.807) is 19.1 Å². The van der Waals surface area contributed by atoms with Crippen LogP contribution in [0.5, 0.6) is 0 Å². The van der Waals surface area contributed by atoms with Crippen LogP contribution in [0, 0.1) is 6.92 Å². The normalized spacial score (nSPS) is 11.6. The van der Waals surface area contributed by atoms with Crippen LogP contribution in [0.25, 0.3) is 0 Å². The van der Waals surface area contributed by atoms with E-state index < -0.39 is 12.1 Å². The first kappa shape index (κ1) is 16.7. The van der Waals surface area contributed by atoms with Gasteiger partial charge >= 0.3 is 5.97 Å². The third-order valence-electron chi connectivity index (χ3n) is 3.65. The van der Waals surface area contributed by atoms with Crippen molar-refractivity contribution in [2.24, 2.45) is 0 Å². The van der Waals surface area contributed by atoms with Crippen LogP contribution in [-0.4, -0.2) is 18.0 Å². The SMILES string of the molecule is CCc1ccc(NC(=O)[C@H](C)OC(=O)c2ccccc2C)cc1. The Morgan fingerprint density at radius 3 is 2.35 bits per heavy atom. The van der Waals surface area contributed by atoms with Gasteiger partial charge in [-0.1, -0.05) is 37.3 Å². The van der Waals surface area contributed by atoms with Crippen LogP contribution in [0.1, 0.15) is 35.3 Å². The highest BCUT2D eigenvalue weighted by Gasteiger charge is 2.19. The highest BCUT2D eigenvalue weighted by atomic mass is 16.5. The summed E-state index contributed by atoms with van der Waals surface area (Å²) in [6.45, 7) is 5.46. The fourth-order valence-corrected chi connectivity index (χ4v) is 2.15. The van der Waals surface area contributed by atoms with E-state index in [0.29, 0.717) is 11.3 Å². The van der Waals surface area contributed by atoms with Crippen molar-refractivity contribution in [1.29, 1.82) is 0 Å². The molecule has 0 unspecified atom stereocenters. The quantitative estimate of drug-likeness (QED) is 0.856. The van der Waals surface area contributed by atoms with Crippen molar-refractivity contribution >= 4 is 17.6 Å². The van der Waals surface area contributed by atoms with Crippen molar-refractivity contribution in [2.45, 2.75) is 33.3 Å². The highest BCUT2D eigenvalue weighted by Crippen LogP contribution is 2.13. The lowest BCUT2D eigenvalue weighted by molar-refractivity contribution is -0.123. The summed E-state index contributed by atoms with van der Waals surface area (Å²) in [5.74, 6) is -0.844. The Kier molecular flexibility index (Phi) is 5.52. The van der Waals surface area contributed by atoms with Crippen molar-refractivity contribution in [3.05, 3.63) is 65.2 Å². The highest BCUT2D eigenvalue weighted by molar-refractivity contribution is 5.97. The van der Waals surface area contributed by atoms with E-state index in [4.69, 9.17) is 4.74 Å². The molecule has 2 rings (SSSR count). The van der Waals surface area contributed by atoms with Gasteiger partial charge < -0.3 is 10.1 Å². The van der Waals surface area contributed by atoms with Crippen LogP contribution in [0.15, 0.2) is 48.5 Å². The molecule has 0 spiro atoms. The standard InChI is InChI=1S/C19H21NO3/c1-4-15-9-11-16(12-10-15)20-18(21)14(3)23-19(22)17-8-6-5-7-13(17)2/h5-12,14H,4H2,1-3H3,(H,20,21)/t14-/m0/s1. The van der Waals surface area contributed by atoms with Crippen LogP contribution in [-0.2, 0) is 16.0 Å². The summed E-state index contributed by atoms with van der Waals surface area (Å²) < 4.78 is 5.25. The number of carbonyl (C=O) groups is 2. The van der Waals surface area contributed by atoms with Gasteiger partial charge in [0.25, 0.3) is 5.91 Å². The molecule has 1 N–H and O–H groups in total. The van der Waals surface area contributed by atoms with Crippen LogP contribution in [0.4, 0.5) is 5.69 Å². The molecule has 0 radical (unpaired) electrons. The number of ether oxygens (including phenoxy) is 1. The van der Waals surface area contributed by atoms with Gasteiger partial charge in [0.05, 0.1) is 5.56 Å². The van der Waals surface area contributed by atoms with Gasteiger partial charge in [-0.05, 0) is 49.6 Å². The van der Waals surface area contributed by atoms with Gasteiger partial charge in [-0.3, -0.25) is 4.79 Å². The summed E-state index contributed by atoms with van der Waals surface area (Å²) in [4.78, 5) is 24.2. The molecule has 0 aromatic heterocycles. The number of hydrogen-bond acceptors (Lipinski definition) is 3. The number of aryl methyl sites for hydroxylation is 2. The minimum Gasteiger partial charge on any atom is -0.449 e. The summed E-state index contributed by atoms with van der Waals surface area (Å²) in [6.07, 6.45) is 0.0755. The first-order valence-corrected chi connectivity index (χ1v) is 7.67. The predicted octanol–water partition coefficient (Wildman–Crippen LogP) is 3.74. The molecule has 0 aliphatic carbocycles. The first-order chi connectivity index (χ1) is 11.0. The summed E-state index contributed by atoms with van der Waals surface area (Å²) in [5, 5.41) is 2.75. The van der Waals surface area contributed by atoms with E-state index in [2.05, 4.69) is 12.2 Å². The van der Waals surface area contributed by atoms with E-state index >= 15 is 0 Å². The minimum absolute atomic E-state index is 0.351. The Hall–Kier alpha value is -2.62. The second-order valence-corrected chi connectivity index (χ2v) is 5.40. The van der Waals surface area contributed by atoms with Crippen molar-refractivity contribution < 1.29 is 14.3 Å². The number of rotatable bonds is 5. The Morgan fingerprint density at radius 2 is 1.74 bits per heavy atom. The average molecular weight is 311 g/mol. The van der Waals surface area contributed by atoms with Gasteiger partial charge in [-0.15, -0.1) is 0 Å². The number of nitrogens with one attached hydrogen (secondary N) is 1. The summed E-state index contributed by atoms with van der Waals surface area (Å²) in [7, 11) is 0. The molecule has 0 aliphatic heterocycles. The van der Waals surface area contributed by atoms with Gasteiger partial charge in [0.1, 0.15) is 0 Å². The summed E-state index contributed by atoms with van der Waals surface area (Å²) in [5.41, 5.74) is 3.17. The molecule has 23 heavy (non-hydrogen) atoms. The van der Waals surface area contributed by atoms with Crippen LogP contribution in [0.2, 0.25) is 0 Å². The molecule has 2 aromatic carbocycles. The van der Waals surface area contributed by atoms with Gasteiger partial charge in [0.2, 0.25) is 0 Å². The maximum Gasteiger partial charge on any atom is 0.339 e. The maximum absolute atomic E-state index is 12.1. The smallest absolute Gasteiger partial charge is 0.339 e. The van der Waals surface area contributed by atoms with Crippen molar-refractivity contribution in [2.75, 3.05) is 5.32 Å². The third kappa shape index (κ3) is 4.42. The fraction of sp³-hybridized carbons (Fsp3) is 0.263. The molecule has 2 aromatic rings. The van der Waals surface area contributed by atoms with Crippen LogP contribution >= 0.6 is 0 Å². The number of benzene rings is 2. The summed E-state index contributed by atoms with van der Waals surface area (Å²) in [6, 6.07) is 14.7. The zero-order valence-electron chi connectivity index (χ0n) is 13.6. The number of anilines is 1. The van der Waals surface area contributed by atoms with E-state index in [1.165, 1.54) is 5.56 Å². The lowest BCUT2D eigenvalue weighted by atomic mass is 10.1. The minimum atomic E-state index is -0.868. The third-order valence-corrected chi connectivity index (χ3v) is 3.65. The molecule has 0 saturated heterocycles. The number of carbonyl (C=O) groups excluding carboxylic acids is 2. The van der Waals surface area contributed by atoms with Gasteiger partial charge in [0, 0.05) is 5.69 Å². The second-order valence-electron chi connectivity index (χ2n) is 5.40. The molecule has 120 valence electrons. The Labute approximate surface area is 136 Å². The van der Waals surface area contributed by atoms with Crippen molar-refractivity contribution in [3.63, 3.8) is 0 Å². The zero-order chi connectivity index (χ0) is 16.8. The molecule has 4 heteroatoms.